The van der Waals surface area contributed by atoms with E-state index in [0.717, 1.165) is 0 Å². The van der Waals surface area contributed by atoms with Gasteiger partial charge in [-0.2, -0.15) is 0 Å². The zero-order valence-electron chi connectivity index (χ0n) is 9.32. The number of carbonyl (C=O) groups is 2. The van der Waals surface area contributed by atoms with Crippen molar-refractivity contribution in [3.05, 3.63) is 12.2 Å². The number of aliphatic hydroxyl groups excluding tert-OH is 1. The molecule has 0 spiro atoms. The van der Waals surface area contributed by atoms with Crippen molar-refractivity contribution in [2.45, 2.75) is 45.6 Å². The number of carbonyl (C=O) groups excluding carboxylic acids is 2. The van der Waals surface area contributed by atoms with Crippen LogP contribution in [0.25, 0.3) is 0 Å². The number of allylic oxidation sites excluding steroid dienone is 1. The molecule has 0 fully saturated rings. The minimum Gasteiger partial charge on any atom is -0.389 e. The maximum atomic E-state index is 11.7. The Balaban J connectivity index is 2.62. The van der Waals surface area contributed by atoms with Crippen LogP contribution in [0.4, 0.5) is 0 Å². The third kappa shape index (κ3) is 2.99. The minimum absolute atomic E-state index is 0.0247. The second kappa shape index (κ2) is 4.71. The van der Waals surface area contributed by atoms with Gasteiger partial charge in [0.25, 0.3) is 0 Å². The highest BCUT2D eigenvalue weighted by Gasteiger charge is 2.35. The molecular weight excluding hydrogens is 192 g/mol. The summed E-state index contributed by atoms with van der Waals surface area (Å²) >= 11 is 0. The van der Waals surface area contributed by atoms with Crippen molar-refractivity contribution >= 4 is 11.6 Å². The van der Waals surface area contributed by atoms with Gasteiger partial charge in [0.05, 0.1) is 6.10 Å². The molecule has 0 amide bonds. The molecule has 2 atom stereocenters. The monoisotopic (exact) mass is 210 g/mol. The topological polar surface area (TPSA) is 54.4 Å². The molecule has 0 heterocycles. The number of ketones is 2. The molecule has 3 nitrogen and oxygen atoms in total. The van der Waals surface area contributed by atoms with Gasteiger partial charge in [-0.05, 0) is 18.9 Å². The van der Waals surface area contributed by atoms with Crippen LogP contribution >= 0.6 is 0 Å². The lowest BCUT2D eigenvalue weighted by atomic mass is 9.73. The molecule has 15 heavy (non-hydrogen) atoms. The number of rotatable bonds is 4. The van der Waals surface area contributed by atoms with E-state index in [2.05, 4.69) is 0 Å². The first-order valence-electron chi connectivity index (χ1n) is 5.40. The lowest BCUT2D eigenvalue weighted by Gasteiger charge is -2.31. The molecule has 0 saturated heterocycles. The van der Waals surface area contributed by atoms with Crippen LogP contribution in [0.15, 0.2) is 12.2 Å². The first kappa shape index (κ1) is 12.1. The molecule has 0 unspecified atom stereocenters. The quantitative estimate of drug-likeness (QED) is 0.767. The lowest BCUT2D eigenvalue weighted by Crippen LogP contribution is -2.34. The zero-order valence-corrected chi connectivity index (χ0v) is 9.32. The van der Waals surface area contributed by atoms with Gasteiger partial charge in [0.1, 0.15) is 5.78 Å². The molecule has 84 valence electrons. The summed E-state index contributed by atoms with van der Waals surface area (Å²) in [5.74, 6) is 0.199. The van der Waals surface area contributed by atoms with Crippen LogP contribution < -0.4 is 0 Å². The summed E-state index contributed by atoms with van der Waals surface area (Å²) in [6.07, 6.45) is 4.32. The lowest BCUT2D eigenvalue weighted by molar-refractivity contribution is -0.126. The largest absolute Gasteiger partial charge is 0.389 e. The second-order valence-corrected chi connectivity index (χ2v) is 4.45. The molecule has 0 aromatic rings. The Morgan fingerprint density at radius 1 is 1.67 bits per heavy atom. The van der Waals surface area contributed by atoms with E-state index in [1.165, 1.54) is 12.2 Å². The zero-order chi connectivity index (χ0) is 11.5. The highest BCUT2D eigenvalue weighted by Crippen LogP contribution is 2.34. The van der Waals surface area contributed by atoms with Crippen molar-refractivity contribution in [2.24, 2.45) is 5.41 Å². The predicted octanol–water partition coefficient (Wildman–Crippen LogP) is 1.64. The van der Waals surface area contributed by atoms with E-state index in [0.29, 0.717) is 25.7 Å². The van der Waals surface area contributed by atoms with Gasteiger partial charge in [0.15, 0.2) is 5.78 Å². The van der Waals surface area contributed by atoms with Crippen molar-refractivity contribution in [2.75, 3.05) is 0 Å². The molecule has 1 aliphatic rings. The average molecular weight is 210 g/mol. The molecule has 1 rings (SSSR count). The molecule has 0 aliphatic heterocycles. The maximum absolute atomic E-state index is 11.7. The van der Waals surface area contributed by atoms with Crippen LogP contribution in [0, 0.1) is 5.41 Å². The molecule has 0 radical (unpaired) electrons. The number of hydrogen-bond acceptors (Lipinski definition) is 3. The molecule has 1 N–H and O–H groups in total. The van der Waals surface area contributed by atoms with Gasteiger partial charge in [-0.25, -0.2) is 0 Å². The minimum atomic E-state index is -0.557. The van der Waals surface area contributed by atoms with Crippen LogP contribution in [-0.2, 0) is 9.59 Å². The Morgan fingerprint density at radius 3 is 2.93 bits per heavy atom. The smallest absolute Gasteiger partial charge is 0.161 e. The molecular formula is C12H18O3. The SMILES string of the molecule is CCC(=O)CC[C@]1(C)C[C@@H](O)C=CC1=O. The van der Waals surface area contributed by atoms with Gasteiger partial charge < -0.3 is 5.11 Å². The molecule has 1 aliphatic carbocycles. The van der Waals surface area contributed by atoms with Gasteiger partial charge in [0.2, 0.25) is 0 Å². The van der Waals surface area contributed by atoms with E-state index in [1.54, 1.807) is 0 Å². The van der Waals surface area contributed by atoms with Crippen molar-refractivity contribution in [3.8, 4) is 0 Å². The van der Waals surface area contributed by atoms with Crippen molar-refractivity contribution in [3.63, 3.8) is 0 Å². The van der Waals surface area contributed by atoms with Gasteiger partial charge in [-0.3, -0.25) is 9.59 Å². The van der Waals surface area contributed by atoms with Crippen molar-refractivity contribution < 1.29 is 14.7 Å². The summed E-state index contributed by atoms with van der Waals surface area (Å²) < 4.78 is 0. The van der Waals surface area contributed by atoms with Crippen LogP contribution in [0.5, 0.6) is 0 Å². The van der Waals surface area contributed by atoms with Crippen molar-refractivity contribution in [1.29, 1.82) is 0 Å². The Hall–Kier alpha value is -0.960. The number of aliphatic hydroxyl groups is 1. The Labute approximate surface area is 90.2 Å². The average Bonchev–Trinajstić information content (AvgIpc) is 2.21. The van der Waals surface area contributed by atoms with Gasteiger partial charge in [0, 0.05) is 18.3 Å². The molecule has 0 aromatic carbocycles. The van der Waals surface area contributed by atoms with Crippen LogP contribution in [-0.4, -0.2) is 22.8 Å². The highest BCUT2D eigenvalue weighted by atomic mass is 16.3. The normalized spacial score (nSPS) is 30.6. The molecule has 0 aromatic heterocycles. The number of Topliss-reactive ketones (excluding diaryl/α,β-unsaturated/α-hetero) is 1. The predicted molar refractivity (Wildman–Crippen MR) is 57.4 cm³/mol. The van der Waals surface area contributed by atoms with Gasteiger partial charge in [-0.15, -0.1) is 0 Å². The summed E-state index contributed by atoms with van der Waals surface area (Å²) in [5, 5.41) is 9.46. The van der Waals surface area contributed by atoms with E-state index in [9.17, 15) is 14.7 Å². The fraction of sp³-hybridized carbons (Fsp3) is 0.667. The van der Waals surface area contributed by atoms with Crippen molar-refractivity contribution in [1.82, 2.24) is 0 Å². The summed E-state index contributed by atoms with van der Waals surface area (Å²) in [4.78, 5) is 22.8. The van der Waals surface area contributed by atoms with Crippen LogP contribution in [0.1, 0.15) is 39.5 Å². The fourth-order valence-electron chi connectivity index (χ4n) is 1.85. The number of hydrogen-bond donors (Lipinski definition) is 1. The van der Waals surface area contributed by atoms with Crippen LogP contribution in [0.3, 0.4) is 0 Å². The van der Waals surface area contributed by atoms with Gasteiger partial charge in [-0.1, -0.05) is 19.9 Å². The molecule has 0 bridgehead atoms. The highest BCUT2D eigenvalue weighted by molar-refractivity contribution is 5.95. The second-order valence-electron chi connectivity index (χ2n) is 4.45. The van der Waals surface area contributed by atoms with E-state index in [1.807, 2.05) is 13.8 Å². The van der Waals surface area contributed by atoms with E-state index >= 15 is 0 Å². The Kier molecular flexibility index (Phi) is 3.80. The third-order valence-electron chi connectivity index (χ3n) is 3.07. The summed E-state index contributed by atoms with van der Waals surface area (Å²) in [5.41, 5.74) is -0.557. The fourth-order valence-corrected chi connectivity index (χ4v) is 1.85. The molecule has 0 saturated carbocycles. The first-order valence-corrected chi connectivity index (χ1v) is 5.40. The molecule has 3 heteroatoms. The third-order valence-corrected chi connectivity index (χ3v) is 3.07. The first-order chi connectivity index (χ1) is 6.98. The summed E-state index contributed by atoms with van der Waals surface area (Å²) in [6.45, 7) is 3.65. The van der Waals surface area contributed by atoms with E-state index < -0.39 is 11.5 Å². The summed E-state index contributed by atoms with van der Waals surface area (Å²) in [6, 6.07) is 0. The van der Waals surface area contributed by atoms with Gasteiger partial charge >= 0.3 is 0 Å². The standard InChI is InChI=1S/C12H18O3/c1-3-9(13)6-7-12(2)8-10(14)4-5-11(12)15/h4-5,10,14H,3,6-8H2,1-2H3/t10-,12+/m0/s1. The summed E-state index contributed by atoms with van der Waals surface area (Å²) in [7, 11) is 0. The van der Waals surface area contributed by atoms with E-state index in [-0.39, 0.29) is 11.6 Å². The Bertz CT molecular complexity index is 293. The maximum Gasteiger partial charge on any atom is 0.161 e. The Morgan fingerprint density at radius 2 is 2.33 bits per heavy atom. The van der Waals surface area contributed by atoms with Crippen LogP contribution in [0.2, 0.25) is 0 Å². The van der Waals surface area contributed by atoms with E-state index in [4.69, 9.17) is 0 Å².